The minimum absolute atomic E-state index is 0.939. The summed E-state index contributed by atoms with van der Waals surface area (Å²) in [6, 6.07) is 81.3. The van der Waals surface area contributed by atoms with Gasteiger partial charge in [0.25, 0.3) is 0 Å². The predicted octanol–water partition coefficient (Wildman–Crippen LogP) is 15.6. The zero-order valence-corrected chi connectivity index (χ0v) is 31.8. The summed E-state index contributed by atoms with van der Waals surface area (Å²) >= 11 is 0. The lowest BCUT2D eigenvalue weighted by Gasteiger charge is -2.16. The van der Waals surface area contributed by atoms with Gasteiger partial charge in [0, 0.05) is 11.1 Å². The Kier molecular flexibility index (Phi) is 8.23. The Morgan fingerprint density at radius 1 is 0.207 bits per heavy atom. The van der Waals surface area contributed by atoms with Crippen LogP contribution in [0, 0.1) is 0 Å². The van der Waals surface area contributed by atoms with Crippen molar-refractivity contribution in [1.29, 1.82) is 0 Å². The Bertz CT molecular complexity index is 2980. The second-order valence-corrected chi connectivity index (χ2v) is 15.1. The Morgan fingerprint density at radius 3 is 1.10 bits per heavy atom. The highest BCUT2D eigenvalue weighted by Gasteiger charge is 2.23. The quantitative estimate of drug-likeness (QED) is 0.159. The normalized spacial score (nSPS) is 11.4. The number of hydrogen-bond acceptors (Lipinski definition) is 1. The van der Waals surface area contributed by atoms with Crippen molar-refractivity contribution >= 4 is 10.8 Å². The van der Waals surface area contributed by atoms with Crippen molar-refractivity contribution in [3.8, 4) is 100 Å². The minimum Gasteiger partial charge on any atom is -0.248 e. The van der Waals surface area contributed by atoms with Crippen molar-refractivity contribution in [3.63, 3.8) is 0 Å². The van der Waals surface area contributed by atoms with E-state index < -0.39 is 0 Å². The van der Waals surface area contributed by atoms with E-state index in [2.05, 4.69) is 224 Å². The number of aromatic nitrogens is 1. The minimum atomic E-state index is 0.939. The van der Waals surface area contributed by atoms with Gasteiger partial charge in [0.05, 0.1) is 11.4 Å². The Morgan fingerprint density at radius 2 is 0.569 bits per heavy atom. The molecule has 0 bridgehead atoms. The lowest BCUT2D eigenvalue weighted by molar-refractivity contribution is 1.32. The first kappa shape index (κ1) is 33.7. The molecule has 0 saturated carbocycles. The van der Waals surface area contributed by atoms with Gasteiger partial charge >= 0.3 is 0 Å². The van der Waals surface area contributed by atoms with Crippen LogP contribution in [0.5, 0.6) is 0 Å². The van der Waals surface area contributed by atoms with Crippen molar-refractivity contribution < 1.29 is 0 Å². The van der Waals surface area contributed by atoms with Crippen LogP contribution >= 0.6 is 0 Å². The second-order valence-electron chi connectivity index (χ2n) is 15.1. The van der Waals surface area contributed by atoms with Crippen molar-refractivity contribution in [2.75, 3.05) is 0 Å². The smallest absolute Gasteiger partial charge is 0.0715 e. The fourth-order valence-corrected chi connectivity index (χ4v) is 8.73. The van der Waals surface area contributed by atoms with Gasteiger partial charge in [-0.1, -0.05) is 194 Å². The van der Waals surface area contributed by atoms with Gasteiger partial charge in [0.2, 0.25) is 0 Å². The van der Waals surface area contributed by atoms with E-state index in [-0.39, 0.29) is 0 Å². The predicted molar refractivity (Wildman–Crippen MR) is 244 cm³/mol. The van der Waals surface area contributed by atoms with E-state index in [9.17, 15) is 0 Å². The Labute approximate surface area is 339 Å². The molecular weight excluding hydrogens is 699 g/mol. The van der Waals surface area contributed by atoms with Crippen LogP contribution in [-0.4, -0.2) is 4.98 Å². The topological polar surface area (TPSA) is 12.9 Å². The molecule has 0 unspecified atom stereocenters. The molecule has 10 aromatic rings. The average Bonchev–Trinajstić information content (AvgIpc) is 3.64. The zero-order chi connectivity index (χ0) is 38.4. The summed E-state index contributed by atoms with van der Waals surface area (Å²) in [4.78, 5) is 5.35. The summed E-state index contributed by atoms with van der Waals surface area (Å²) in [7, 11) is 0. The van der Waals surface area contributed by atoms with Gasteiger partial charge in [-0.2, -0.15) is 0 Å². The third kappa shape index (κ3) is 6.02. The summed E-state index contributed by atoms with van der Waals surface area (Å²) in [6.07, 6.45) is 0. The summed E-state index contributed by atoms with van der Waals surface area (Å²) in [5.74, 6) is 0. The maximum absolute atomic E-state index is 5.35. The highest BCUT2D eigenvalue weighted by molar-refractivity contribution is 6.18. The van der Waals surface area contributed by atoms with E-state index in [1.54, 1.807) is 0 Å². The van der Waals surface area contributed by atoms with E-state index in [1.165, 1.54) is 77.5 Å². The first-order valence-corrected chi connectivity index (χ1v) is 19.9. The molecule has 9 aromatic carbocycles. The molecule has 1 aliphatic rings. The monoisotopic (exact) mass is 735 g/mol. The van der Waals surface area contributed by atoms with Gasteiger partial charge in [-0.3, -0.25) is 0 Å². The molecule has 0 atom stereocenters. The molecule has 0 spiro atoms. The molecule has 0 N–H and O–H groups in total. The van der Waals surface area contributed by atoms with E-state index in [4.69, 9.17) is 4.98 Å². The van der Waals surface area contributed by atoms with Crippen molar-refractivity contribution in [2.24, 2.45) is 0 Å². The summed E-state index contributed by atoms with van der Waals surface area (Å²) in [5, 5.41) is 2.61. The van der Waals surface area contributed by atoms with Crippen LogP contribution < -0.4 is 0 Å². The van der Waals surface area contributed by atoms with Gasteiger partial charge in [-0.05, 0) is 119 Å². The van der Waals surface area contributed by atoms with Crippen LogP contribution in [0.25, 0.3) is 111 Å². The molecule has 11 rings (SSSR count). The number of rotatable bonds is 7. The summed E-state index contributed by atoms with van der Waals surface area (Å²) < 4.78 is 0. The Hall–Kier alpha value is -7.61. The summed E-state index contributed by atoms with van der Waals surface area (Å²) in [6.45, 7) is 0. The molecule has 1 nitrogen and oxygen atoms in total. The average molecular weight is 736 g/mol. The molecule has 0 saturated heterocycles. The number of hydrogen-bond donors (Lipinski definition) is 0. The molecule has 58 heavy (non-hydrogen) atoms. The lowest BCUT2D eigenvalue weighted by atomic mass is 9.89. The van der Waals surface area contributed by atoms with Gasteiger partial charge < -0.3 is 0 Å². The van der Waals surface area contributed by atoms with Gasteiger partial charge in [0.15, 0.2) is 0 Å². The molecule has 1 heteroatoms. The number of benzene rings is 9. The molecule has 0 radical (unpaired) electrons. The van der Waals surface area contributed by atoms with Crippen molar-refractivity contribution in [1.82, 2.24) is 4.98 Å². The second kappa shape index (κ2) is 14.2. The van der Waals surface area contributed by atoms with E-state index in [0.29, 0.717) is 0 Å². The maximum atomic E-state index is 5.35. The first-order chi connectivity index (χ1) is 28.7. The van der Waals surface area contributed by atoms with E-state index >= 15 is 0 Å². The lowest BCUT2D eigenvalue weighted by Crippen LogP contribution is -1.93. The molecule has 270 valence electrons. The van der Waals surface area contributed by atoms with Crippen LogP contribution in [0.1, 0.15) is 0 Å². The molecular formula is C57H37N. The molecule has 0 amide bonds. The SMILES string of the molecule is c1ccc(-c2ccc(-c3cc(-c4cc(-c5ccccc5)cc(-c5ccc6c7c(cccc57)-c5ccccc5-6)c4)cc(-c4ccc(-c5ccccc5)cc4)n3)cc2)cc1. The van der Waals surface area contributed by atoms with Crippen LogP contribution in [0.3, 0.4) is 0 Å². The third-order valence-electron chi connectivity index (χ3n) is 11.6. The van der Waals surface area contributed by atoms with Crippen LogP contribution in [0.4, 0.5) is 0 Å². The van der Waals surface area contributed by atoms with Gasteiger partial charge in [0.1, 0.15) is 0 Å². The molecule has 1 aliphatic carbocycles. The first-order valence-electron chi connectivity index (χ1n) is 19.9. The zero-order valence-electron chi connectivity index (χ0n) is 31.8. The summed E-state index contributed by atoms with van der Waals surface area (Å²) in [5.41, 5.74) is 21.1. The van der Waals surface area contributed by atoms with Crippen molar-refractivity contribution in [2.45, 2.75) is 0 Å². The van der Waals surface area contributed by atoms with Crippen LogP contribution in [0.2, 0.25) is 0 Å². The fraction of sp³-hybridized carbons (Fsp3) is 0. The highest BCUT2D eigenvalue weighted by atomic mass is 14.7. The van der Waals surface area contributed by atoms with E-state index in [0.717, 1.165) is 33.6 Å². The fourth-order valence-electron chi connectivity index (χ4n) is 8.73. The standard InChI is InChI=1S/C57H37N/c1-4-13-38(14-5-1)41-23-27-43(28-24-41)55-36-47(37-56(58-55)44-29-25-42(26-30-44)39-15-6-2-7-16-39)46-33-45(40-17-8-3-9-18-40)34-48(35-46)49-31-32-54-51-20-11-10-19-50(51)53-22-12-21-52(49)57(53)54/h1-37H. The molecule has 1 heterocycles. The molecule has 1 aromatic heterocycles. The van der Waals surface area contributed by atoms with E-state index in [1.807, 2.05) is 0 Å². The number of pyridine rings is 1. The van der Waals surface area contributed by atoms with Crippen molar-refractivity contribution in [3.05, 3.63) is 224 Å². The Balaban J connectivity index is 1.09. The maximum Gasteiger partial charge on any atom is 0.0715 e. The van der Waals surface area contributed by atoms with Gasteiger partial charge in [-0.25, -0.2) is 4.98 Å². The number of nitrogens with zero attached hydrogens (tertiary/aromatic N) is 1. The van der Waals surface area contributed by atoms with Crippen LogP contribution in [-0.2, 0) is 0 Å². The third-order valence-corrected chi connectivity index (χ3v) is 11.6. The largest absolute Gasteiger partial charge is 0.248 e. The molecule has 0 aliphatic heterocycles. The number of fused-ring (bicyclic) bond motifs is 3. The van der Waals surface area contributed by atoms with Gasteiger partial charge in [-0.15, -0.1) is 0 Å². The molecule has 0 fully saturated rings. The highest BCUT2D eigenvalue weighted by Crippen LogP contribution is 2.49. The van der Waals surface area contributed by atoms with Crippen LogP contribution in [0.15, 0.2) is 224 Å².